The van der Waals surface area contributed by atoms with Gasteiger partial charge in [0.25, 0.3) is 0 Å². The Bertz CT molecular complexity index is 343. The summed E-state index contributed by atoms with van der Waals surface area (Å²) in [6.45, 7) is 3.75. The summed E-state index contributed by atoms with van der Waals surface area (Å²) in [4.78, 5) is 0.704. The molecule has 1 rings (SSSR count). The highest BCUT2D eigenvalue weighted by Gasteiger charge is 2.61. The number of thioether (sulfide) groups is 1. The molecule has 0 bridgehead atoms. The molecule has 1 N–H and O–H groups in total. The zero-order valence-corrected chi connectivity index (χ0v) is 10.5. The Balaban J connectivity index is 2.84. The van der Waals surface area contributed by atoms with Crippen LogP contribution < -0.4 is 0 Å². The van der Waals surface area contributed by atoms with Crippen molar-refractivity contribution in [2.24, 2.45) is 16.1 Å². The van der Waals surface area contributed by atoms with Crippen molar-refractivity contribution >= 4 is 23.1 Å². The van der Waals surface area contributed by atoms with Gasteiger partial charge in [-0.2, -0.15) is 18.3 Å². The van der Waals surface area contributed by atoms with Crippen molar-refractivity contribution in [1.82, 2.24) is 4.90 Å². The van der Waals surface area contributed by atoms with Crippen LogP contribution in [0.5, 0.6) is 0 Å². The fraction of sp³-hybridized carbons (Fsp3) is 0.778. The molecule has 0 aliphatic carbocycles. The van der Waals surface area contributed by atoms with E-state index in [9.17, 15) is 18.3 Å². The second kappa shape index (κ2) is 4.85. The smallest absolute Gasteiger partial charge is 0.363 e. The van der Waals surface area contributed by atoms with Gasteiger partial charge < -0.3 is 10.0 Å². The first-order chi connectivity index (χ1) is 7.68. The topological polar surface area (TPSA) is 48.2 Å². The number of hydrogen-bond donors (Lipinski definition) is 1. The number of alkyl halides is 3. The van der Waals surface area contributed by atoms with E-state index in [2.05, 4.69) is 10.2 Å². The molecule has 1 unspecified atom stereocenters. The van der Waals surface area contributed by atoms with Gasteiger partial charge in [0.1, 0.15) is 0 Å². The highest BCUT2D eigenvalue weighted by atomic mass is 32.2. The van der Waals surface area contributed by atoms with Gasteiger partial charge in [0.15, 0.2) is 5.17 Å². The molecule has 0 aromatic heterocycles. The average Bonchev–Trinajstić information content (AvgIpc) is 2.45. The lowest BCUT2D eigenvalue weighted by atomic mass is 10.2. The Labute approximate surface area is 102 Å². The molecule has 1 aliphatic rings. The van der Waals surface area contributed by atoms with Crippen LogP contribution in [-0.4, -0.2) is 46.1 Å². The maximum Gasteiger partial charge on any atom is 0.437 e. The van der Waals surface area contributed by atoms with Gasteiger partial charge in [-0.25, -0.2) is 0 Å². The first-order valence-corrected chi connectivity index (χ1v) is 5.94. The Morgan fingerprint density at radius 3 is 2.53 bits per heavy atom. The van der Waals surface area contributed by atoms with E-state index in [-0.39, 0.29) is 11.1 Å². The van der Waals surface area contributed by atoms with E-state index < -0.39 is 17.7 Å². The lowest BCUT2D eigenvalue weighted by Crippen LogP contribution is -2.56. The van der Waals surface area contributed by atoms with Gasteiger partial charge in [-0.05, 0) is 5.92 Å². The van der Waals surface area contributed by atoms with E-state index in [0.29, 0.717) is 4.90 Å². The van der Waals surface area contributed by atoms with Crippen molar-refractivity contribution < 1.29 is 18.3 Å². The van der Waals surface area contributed by atoms with Crippen LogP contribution in [0.3, 0.4) is 0 Å². The second-order valence-corrected chi connectivity index (χ2v) is 5.00. The van der Waals surface area contributed by atoms with Gasteiger partial charge in [-0.15, -0.1) is 5.10 Å². The monoisotopic (exact) mass is 269 g/mol. The highest BCUT2D eigenvalue weighted by molar-refractivity contribution is 8.14. The molecule has 1 heterocycles. The fourth-order valence-electron chi connectivity index (χ4n) is 1.10. The summed E-state index contributed by atoms with van der Waals surface area (Å²) in [5.41, 5.74) is -2.86. The molecule has 0 amide bonds. The molecule has 0 radical (unpaired) electrons. The Hall–Kier alpha value is -0.760. The van der Waals surface area contributed by atoms with Crippen LogP contribution >= 0.6 is 11.8 Å². The van der Waals surface area contributed by atoms with Crippen molar-refractivity contribution in [2.75, 3.05) is 12.8 Å². The minimum absolute atomic E-state index is 0.0572. The molecule has 0 aromatic carbocycles. The number of amidine groups is 1. The SMILES string of the molecule is CC(C)/C=N/N=C1\SCC(O)(C(F)(F)F)N1C. The molecule has 1 aliphatic heterocycles. The van der Waals surface area contributed by atoms with Gasteiger partial charge in [0.2, 0.25) is 5.72 Å². The average molecular weight is 269 g/mol. The number of halogens is 3. The van der Waals surface area contributed by atoms with Gasteiger partial charge >= 0.3 is 6.18 Å². The molecule has 4 nitrogen and oxygen atoms in total. The third kappa shape index (κ3) is 2.92. The maximum absolute atomic E-state index is 12.6. The van der Waals surface area contributed by atoms with E-state index in [1.165, 1.54) is 6.21 Å². The van der Waals surface area contributed by atoms with E-state index >= 15 is 0 Å². The number of hydrogen-bond acceptors (Lipinski definition) is 4. The fourth-order valence-corrected chi connectivity index (χ4v) is 2.24. The predicted octanol–water partition coefficient (Wildman–Crippen LogP) is 1.91. The summed E-state index contributed by atoms with van der Waals surface area (Å²) in [6, 6.07) is 0. The van der Waals surface area contributed by atoms with Gasteiger partial charge in [0.05, 0.1) is 5.75 Å². The van der Waals surface area contributed by atoms with Crippen LogP contribution in [0.2, 0.25) is 0 Å². The van der Waals surface area contributed by atoms with Crippen molar-refractivity contribution in [3.8, 4) is 0 Å². The Morgan fingerprint density at radius 1 is 1.53 bits per heavy atom. The molecule has 1 fully saturated rings. The molecule has 0 spiro atoms. The van der Waals surface area contributed by atoms with E-state index in [1.54, 1.807) is 0 Å². The molecule has 17 heavy (non-hydrogen) atoms. The van der Waals surface area contributed by atoms with E-state index in [1.807, 2.05) is 13.8 Å². The minimum atomic E-state index is -4.71. The van der Waals surface area contributed by atoms with Crippen LogP contribution in [0.1, 0.15) is 13.8 Å². The Morgan fingerprint density at radius 2 is 2.12 bits per heavy atom. The first-order valence-electron chi connectivity index (χ1n) is 4.95. The Kier molecular flexibility index (Phi) is 4.08. The molecule has 0 aromatic rings. The maximum atomic E-state index is 12.6. The van der Waals surface area contributed by atoms with Gasteiger partial charge in [-0.3, -0.25) is 0 Å². The second-order valence-electron chi connectivity index (χ2n) is 4.05. The van der Waals surface area contributed by atoms with Crippen molar-refractivity contribution in [3.63, 3.8) is 0 Å². The molecule has 0 saturated carbocycles. The lowest BCUT2D eigenvalue weighted by molar-refractivity contribution is -0.285. The quantitative estimate of drug-likeness (QED) is 0.615. The molecular formula is C9H14F3N3OS. The summed E-state index contributed by atoms with van der Waals surface area (Å²) in [5.74, 6) is -0.333. The number of rotatable bonds is 2. The summed E-state index contributed by atoms with van der Waals surface area (Å²) in [7, 11) is 1.15. The number of nitrogens with zero attached hydrogens (tertiary/aromatic N) is 3. The zero-order valence-electron chi connectivity index (χ0n) is 9.69. The lowest BCUT2D eigenvalue weighted by Gasteiger charge is -2.32. The first kappa shape index (κ1) is 14.3. The molecule has 8 heteroatoms. The third-order valence-corrected chi connectivity index (χ3v) is 3.37. The summed E-state index contributed by atoms with van der Waals surface area (Å²) < 4.78 is 37.9. The minimum Gasteiger partial charge on any atom is -0.363 e. The van der Waals surface area contributed by atoms with Crippen molar-refractivity contribution in [3.05, 3.63) is 0 Å². The molecule has 1 atom stereocenters. The largest absolute Gasteiger partial charge is 0.437 e. The predicted molar refractivity (Wildman–Crippen MR) is 62.0 cm³/mol. The molecule has 98 valence electrons. The van der Waals surface area contributed by atoms with Crippen LogP contribution in [0, 0.1) is 5.92 Å². The van der Waals surface area contributed by atoms with E-state index in [4.69, 9.17) is 0 Å². The molecule has 1 saturated heterocycles. The van der Waals surface area contributed by atoms with Gasteiger partial charge in [0, 0.05) is 13.3 Å². The van der Waals surface area contributed by atoms with Crippen LogP contribution in [0.15, 0.2) is 10.2 Å². The normalized spacial score (nSPS) is 28.9. The van der Waals surface area contributed by atoms with Crippen molar-refractivity contribution in [2.45, 2.75) is 25.7 Å². The third-order valence-electron chi connectivity index (χ3n) is 2.21. The van der Waals surface area contributed by atoms with Gasteiger partial charge in [-0.1, -0.05) is 25.6 Å². The zero-order chi connectivity index (χ0) is 13.3. The summed E-state index contributed by atoms with van der Waals surface area (Å²) in [6.07, 6.45) is -3.19. The van der Waals surface area contributed by atoms with Crippen molar-refractivity contribution in [1.29, 1.82) is 0 Å². The van der Waals surface area contributed by atoms with Crippen LogP contribution in [0.25, 0.3) is 0 Å². The number of aliphatic hydroxyl groups is 1. The summed E-state index contributed by atoms with van der Waals surface area (Å²) in [5, 5.41) is 16.9. The highest BCUT2D eigenvalue weighted by Crippen LogP contribution is 2.41. The van der Waals surface area contributed by atoms with Crippen LogP contribution in [-0.2, 0) is 0 Å². The summed E-state index contributed by atoms with van der Waals surface area (Å²) >= 11 is 0.828. The standard InChI is InChI=1S/C9H14F3N3OS/c1-6(2)4-13-14-7-15(3)8(16,5-17-7)9(10,11)12/h4,6,16H,5H2,1-3H3/b13-4+,14-7-. The van der Waals surface area contributed by atoms with Crippen LogP contribution in [0.4, 0.5) is 13.2 Å². The molecular weight excluding hydrogens is 255 g/mol. The van der Waals surface area contributed by atoms with E-state index in [0.717, 1.165) is 18.8 Å².